The van der Waals surface area contributed by atoms with Crippen LogP contribution in [0.2, 0.25) is 0 Å². The van der Waals surface area contributed by atoms with Gasteiger partial charge in [0.25, 0.3) is 0 Å². The molecule has 0 fully saturated rings. The Morgan fingerprint density at radius 2 is 1.75 bits per heavy atom. The zero-order valence-corrected chi connectivity index (χ0v) is 10.4. The van der Waals surface area contributed by atoms with Crippen molar-refractivity contribution in [3.05, 3.63) is 0 Å². The van der Waals surface area contributed by atoms with Gasteiger partial charge in [0.05, 0.1) is 0 Å². The van der Waals surface area contributed by atoms with Crippen LogP contribution in [0.25, 0.3) is 0 Å². The summed E-state index contributed by atoms with van der Waals surface area (Å²) in [6.45, 7) is 5.05. The normalized spacial score (nSPS) is 11.9. The van der Waals surface area contributed by atoms with Gasteiger partial charge in [-0.1, -0.05) is 6.92 Å². The Kier molecular flexibility index (Phi) is 8.52. The van der Waals surface area contributed by atoms with Crippen molar-refractivity contribution in [3.63, 3.8) is 0 Å². The van der Waals surface area contributed by atoms with Gasteiger partial charge in [0.15, 0.2) is 0 Å². The van der Waals surface area contributed by atoms with E-state index in [1.807, 2.05) is 13.8 Å². The van der Waals surface area contributed by atoms with Crippen LogP contribution >= 0.6 is 0 Å². The van der Waals surface area contributed by atoms with Crippen LogP contribution in [0.5, 0.6) is 0 Å². The lowest BCUT2D eigenvalue weighted by Crippen LogP contribution is -2.35. The zero-order valence-electron chi connectivity index (χ0n) is 10.4. The Balaban J connectivity index is 3.50. The topological polar surface area (TPSA) is 70.2 Å². The molecule has 0 aromatic heterocycles. The van der Waals surface area contributed by atoms with Gasteiger partial charge in [-0.2, -0.15) is 0 Å². The number of hydrogen-bond acceptors (Lipinski definition) is 3. The maximum atomic E-state index is 11.3. The second-order valence-corrected chi connectivity index (χ2v) is 3.83. The van der Waals surface area contributed by atoms with E-state index in [2.05, 4.69) is 16.0 Å². The van der Waals surface area contributed by atoms with Crippen LogP contribution < -0.4 is 16.0 Å². The second kappa shape index (κ2) is 9.15. The molecule has 0 aromatic carbocycles. The molecule has 0 aliphatic heterocycles. The number of carbonyl (C=O) groups excluding carboxylic acids is 2. The van der Waals surface area contributed by atoms with E-state index < -0.39 is 0 Å². The number of hydrogen-bond donors (Lipinski definition) is 3. The number of amides is 2. The molecule has 1 unspecified atom stereocenters. The monoisotopic (exact) mass is 229 g/mol. The molecule has 0 bridgehead atoms. The summed E-state index contributed by atoms with van der Waals surface area (Å²) in [6.07, 6.45) is 1.71. The summed E-state index contributed by atoms with van der Waals surface area (Å²) in [5, 5.41) is 8.44. The number of nitrogens with one attached hydrogen (secondary N) is 3. The van der Waals surface area contributed by atoms with E-state index in [9.17, 15) is 9.59 Å². The van der Waals surface area contributed by atoms with Gasteiger partial charge in [-0.15, -0.1) is 0 Å². The minimum atomic E-state index is -0.0225. The molecule has 2 amide bonds. The molecule has 0 heterocycles. The average molecular weight is 229 g/mol. The summed E-state index contributed by atoms with van der Waals surface area (Å²) in [5.41, 5.74) is 0. The lowest BCUT2D eigenvalue weighted by atomic mass is 10.2. The lowest BCUT2D eigenvalue weighted by Gasteiger charge is -2.11. The third-order valence-electron chi connectivity index (χ3n) is 2.30. The molecule has 0 aliphatic rings. The molecule has 3 N–H and O–H groups in total. The van der Waals surface area contributed by atoms with E-state index in [0.29, 0.717) is 25.9 Å². The Hall–Kier alpha value is -1.10. The number of carbonyl (C=O) groups is 2. The van der Waals surface area contributed by atoms with Gasteiger partial charge in [0.1, 0.15) is 0 Å². The summed E-state index contributed by atoms with van der Waals surface area (Å²) < 4.78 is 0. The van der Waals surface area contributed by atoms with Gasteiger partial charge in [0, 0.05) is 32.0 Å². The molecule has 0 spiro atoms. The standard InChI is InChI=1S/C11H23N3O2/c1-4-9(2)14-11(16)6-8-13-10(15)5-7-12-3/h9,12H,4-8H2,1-3H3,(H,13,15)(H,14,16). The maximum absolute atomic E-state index is 11.3. The quantitative estimate of drug-likeness (QED) is 0.549. The summed E-state index contributed by atoms with van der Waals surface area (Å²) >= 11 is 0. The first kappa shape index (κ1) is 14.9. The van der Waals surface area contributed by atoms with E-state index in [1.165, 1.54) is 0 Å². The predicted octanol–water partition coefficient (Wildman–Crippen LogP) is 0.0169. The van der Waals surface area contributed by atoms with Gasteiger partial charge in [-0.25, -0.2) is 0 Å². The van der Waals surface area contributed by atoms with E-state index in [-0.39, 0.29) is 17.9 Å². The first-order valence-corrected chi connectivity index (χ1v) is 5.80. The van der Waals surface area contributed by atoms with Crippen LogP contribution in [0.15, 0.2) is 0 Å². The minimum Gasteiger partial charge on any atom is -0.356 e. The van der Waals surface area contributed by atoms with E-state index in [0.717, 1.165) is 6.42 Å². The van der Waals surface area contributed by atoms with E-state index in [1.54, 1.807) is 7.05 Å². The van der Waals surface area contributed by atoms with E-state index in [4.69, 9.17) is 0 Å². The molecule has 0 saturated heterocycles. The molecule has 5 nitrogen and oxygen atoms in total. The van der Waals surface area contributed by atoms with Gasteiger partial charge in [-0.05, 0) is 20.4 Å². The molecule has 1 atom stereocenters. The maximum Gasteiger partial charge on any atom is 0.221 e. The van der Waals surface area contributed by atoms with Gasteiger partial charge >= 0.3 is 0 Å². The first-order chi connectivity index (χ1) is 7.60. The molecule has 16 heavy (non-hydrogen) atoms. The molecule has 0 aromatic rings. The molecular weight excluding hydrogens is 206 g/mol. The highest BCUT2D eigenvalue weighted by atomic mass is 16.2. The third-order valence-corrected chi connectivity index (χ3v) is 2.30. The SMILES string of the molecule is CCC(C)NC(=O)CCNC(=O)CCNC. The predicted molar refractivity (Wildman–Crippen MR) is 64.1 cm³/mol. The zero-order chi connectivity index (χ0) is 12.4. The van der Waals surface area contributed by atoms with Crippen molar-refractivity contribution in [2.75, 3.05) is 20.1 Å². The van der Waals surface area contributed by atoms with Gasteiger partial charge in [-0.3, -0.25) is 9.59 Å². The highest BCUT2D eigenvalue weighted by molar-refractivity contribution is 5.79. The minimum absolute atomic E-state index is 0.0109. The Morgan fingerprint density at radius 3 is 2.31 bits per heavy atom. The van der Waals surface area contributed by atoms with Crippen LogP contribution in [0.3, 0.4) is 0 Å². The Morgan fingerprint density at radius 1 is 1.12 bits per heavy atom. The second-order valence-electron chi connectivity index (χ2n) is 3.83. The molecule has 0 rings (SSSR count). The van der Waals surface area contributed by atoms with Crippen molar-refractivity contribution < 1.29 is 9.59 Å². The first-order valence-electron chi connectivity index (χ1n) is 5.80. The summed E-state index contributed by atoms with van der Waals surface area (Å²) in [6, 6.07) is 0.201. The highest BCUT2D eigenvalue weighted by Crippen LogP contribution is 1.89. The van der Waals surface area contributed by atoms with Crippen molar-refractivity contribution in [2.45, 2.75) is 39.2 Å². The van der Waals surface area contributed by atoms with Crippen molar-refractivity contribution in [1.29, 1.82) is 0 Å². The van der Waals surface area contributed by atoms with Crippen molar-refractivity contribution in [1.82, 2.24) is 16.0 Å². The van der Waals surface area contributed by atoms with Crippen molar-refractivity contribution in [3.8, 4) is 0 Å². The fraction of sp³-hybridized carbons (Fsp3) is 0.818. The number of rotatable bonds is 8. The van der Waals surface area contributed by atoms with Gasteiger partial charge in [0.2, 0.25) is 11.8 Å². The van der Waals surface area contributed by atoms with Crippen LogP contribution in [-0.4, -0.2) is 38.0 Å². The largest absolute Gasteiger partial charge is 0.356 e. The molecule has 5 heteroatoms. The molecule has 0 radical (unpaired) electrons. The molecule has 0 aliphatic carbocycles. The summed E-state index contributed by atoms with van der Waals surface area (Å²) in [4.78, 5) is 22.5. The van der Waals surface area contributed by atoms with E-state index >= 15 is 0 Å². The van der Waals surface area contributed by atoms with Crippen LogP contribution in [0.4, 0.5) is 0 Å². The van der Waals surface area contributed by atoms with Crippen LogP contribution in [0, 0.1) is 0 Å². The molecular formula is C11H23N3O2. The summed E-state index contributed by atoms with van der Waals surface area (Å²) in [7, 11) is 1.80. The van der Waals surface area contributed by atoms with Crippen LogP contribution in [0.1, 0.15) is 33.1 Å². The van der Waals surface area contributed by atoms with Crippen molar-refractivity contribution in [2.24, 2.45) is 0 Å². The highest BCUT2D eigenvalue weighted by Gasteiger charge is 2.06. The fourth-order valence-electron chi connectivity index (χ4n) is 1.09. The summed E-state index contributed by atoms with van der Waals surface area (Å²) in [5.74, 6) is -0.0334. The third kappa shape index (κ3) is 8.23. The molecule has 0 saturated carbocycles. The smallest absolute Gasteiger partial charge is 0.221 e. The fourth-order valence-corrected chi connectivity index (χ4v) is 1.09. The lowest BCUT2D eigenvalue weighted by molar-refractivity contribution is -0.122. The average Bonchev–Trinajstić information content (AvgIpc) is 2.26. The van der Waals surface area contributed by atoms with Crippen LogP contribution in [-0.2, 0) is 9.59 Å². The Bertz CT molecular complexity index is 219. The molecule has 94 valence electrons. The van der Waals surface area contributed by atoms with Crippen molar-refractivity contribution >= 4 is 11.8 Å². The van der Waals surface area contributed by atoms with Gasteiger partial charge < -0.3 is 16.0 Å². The Labute approximate surface area is 97.4 Å².